The maximum atomic E-state index is 11.8. The average Bonchev–Trinajstić information content (AvgIpc) is 2.59. The Morgan fingerprint density at radius 1 is 1.37 bits per heavy atom. The van der Waals surface area contributed by atoms with Crippen LogP contribution in [0.1, 0.15) is 12.8 Å². The number of hydrogen-bond acceptors (Lipinski definition) is 4. The first-order valence-electron chi connectivity index (χ1n) is 5.36. The minimum absolute atomic E-state index is 0.0466. The zero-order valence-electron chi connectivity index (χ0n) is 9.67. The number of imide groups is 1. The molecule has 0 saturated carbocycles. The zero-order valence-corrected chi connectivity index (χ0v) is 10.5. The molecule has 0 bridgehead atoms. The van der Waals surface area contributed by atoms with E-state index in [1.54, 1.807) is 0 Å². The molecule has 1 saturated heterocycles. The first-order chi connectivity index (χ1) is 8.78. The fourth-order valence-electron chi connectivity index (χ4n) is 1.38. The van der Waals surface area contributed by atoms with Crippen LogP contribution >= 0.6 is 11.8 Å². The molecule has 6 nitrogen and oxygen atoms in total. The van der Waals surface area contributed by atoms with E-state index in [9.17, 15) is 27.6 Å². The van der Waals surface area contributed by atoms with Crippen LogP contribution in [0.3, 0.4) is 0 Å². The maximum Gasteiger partial charge on any atom is 0.441 e. The van der Waals surface area contributed by atoms with Gasteiger partial charge in [0, 0.05) is 18.7 Å². The van der Waals surface area contributed by atoms with E-state index in [0.29, 0.717) is 0 Å². The third kappa shape index (κ3) is 6.32. The Hall–Kier alpha value is -1.45. The largest absolute Gasteiger partial charge is 0.441 e. The van der Waals surface area contributed by atoms with Crippen molar-refractivity contribution in [2.45, 2.75) is 24.4 Å². The van der Waals surface area contributed by atoms with Crippen molar-refractivity contribution in [2.24, 2.45) is 0 Å². The molecule has 0 unspecified atom stereocenters. The molecule has 1 aliphatic heterocycles. The summed E-state index contributed by atoms with van der Waals surface area (Å²) in [6.45, 7) is -0.105. The molecule has 0 radical (unpaired) electrons. The second-order valence-electron chi connectivity index (χ2n) is 3.70. The Bertz CT molecular complexity index is 375. The molecule has 1 heterocycles. The molecule has 1 aliphatic rings. The Kier molecular flexibility index (Phi) is 5.45. The lowest BCUT2D eigenvalue weighted by Gasteiger charge is -2.08. The summed E-state index contributed by atoms with van der Waals surface area (Å²) in [5.41, 5.74) is -4.31. The number of urea groups is 1. The van der Waals surface area contributed by atoms with Gasteiger partial charge in [0.2, 0.25) is 5.91 Å². The van der Waals surface area contributed by atoms with E-state index in [2.05, 4.69) is 10.6 Å². The van der Waals surface area contributed by atoms with E-state index in [1.165, 1.54) is 0 Å². The summed E-state index contributed by atoms with van der Waals surface area (Å²) in [7, 11) is 0. The number of hydrogen-bond donors (Lipinski definition) is 3. The number of nitrogens with one attached hydrogen (secondary N) is 3. The van der Waals surface area contributed by atoms with Gasteiger partial charge < -0.3 is 10.6 Å². The van der Waals surface area contributed by atoms with Gasteiger partial charge in [0.05, 0.1) is 0 Å². The summed E-state index contributed by atoms with van der Waals surface area (Å²) in [5.74, 6) is -1.24. The summed E-state index contributed by atoms with van der Waals surface area (Å²) in [6, 6.07) is -1.38. The molecular weight excluding hydrogens is 287 g/mol. The number of alkyl halides is 3. The molecular formula is C9H12F3N3O3S. The third-order valence-corrected chi connectivity index (χ3v) is 2.94. The Balaban J connectivity index is 2.12. The summed E-state index contributed by atoms with van der Waals surface area (Å²) in [6.07, 6.45) is 0.0604. The van der Waals surface area contributed by atoms with Gasteiger partial charge in [-0.1, -0.05) is 0 Å². The highest BCUT2D eigenvalue weighted by atomic mass is 32.2. The highest BCUT2D eigenvalue weighted by Crippen LogP contribution is 2.29. The maximum absolute atomic E-state index is 11.8. The number of amides is 4. The molecule has 108 valence electrons. The van der Waals surface area contributed by atoms with Crippen LogP contribution in [0.4, 0.5) is 18.0 Å². The quantitative estimate of drug-likeness (QED) is 0.488. The molecule has 1 fully saturated rings. The second-order valence-corrected chi connectivity index (χ2v) is 4.86. The van der Waals surface area contributed by atoms with Gasteiger partial charge in [-0.25, -0.2) is 4.79 Å². The smallest absolute Gasteiger partial charge is 0.355 e. The van der Waals surface area contributed by atoms with Gasteiger partial charge >= 0.3 is 11.5 Å². The van der Waals surface area contributed by atoms with Crippen LogP contribution in [0, 0.1) is 0 Å². The summed E-state index contributed by atoms with van der Waals surface area (Å²) in [5, 5.41) is 6.63. The van der Waals surface area contributed by atoms with E-state index in [0.717, 1.165) is 0 Å². The highest BCUT2D eigenvalue weighted by Gasteiger charge is 2.29. The van der Waals surface area contributed by atoms with Crippen molar-refractivity contribution in [1.82, 2.24) is 16.0 Å². The predicted molar refractivity (Wildman–Crippen MR) is 61.2 cm³/mol. The fraction of sp³-hybridized carbons (Fsp3) is 0.667. The lowest BCUT2D eigenvalue weighted by Crippen LogP contribution is -2.32. The first kappa shape index (κ1) is 15.6. The third-order valence-electron chi connectivity index (χ3n) is 2.21. The Morgan fingerprint density at radius 2 is 2.05 bits per heavy atom. The van der Waals surface area contributed by atoms with Gasteiger partial charge in [0.1, 0.15) is 6.04 Å². The van der Waals surface area contributed by atoms with Gasteiger partial charge in [-0.2, -0.15) is 13.2 Å². The van der Waals surface area contributed by atoms with E-state index in [-0.39, 0.29) is 36.9 Å². The van der Waals surface area contributed by atoms with Gasteiger partial charge in [-0.05, 0) is 18.2 Å². The predicted octanol–water partition coefficient (Wildman–Crippen LogP) is 0.344. The fourth-order valence-corrected chi connectivity index (χ4v) is 1.82. The van der Waals surface area contributed by atoms with Crippen molar-refractivity contribution < 1.29 is 27.6 Å². The Morgan fingerprint density at radius 3 is 2.58 bits per heavy atom. The summed E-state index contributed by atoms with van der Waals surface area (Å²) < 4.78 is 35.3. The minimum atomic E-state index is -4.31. The number of carbonyl (C=O) groups is 3. The molecule has 1 atom stereocenters. The molecule has 10 heteroatoms. The van der Waals surface area contributed by atoms with Crippen LogP contribution in [0.25, 0.3) is 0 Å². The van der Waals surface area contributed by atoms with Crippen LogP contribution in [0.2, 0.25) is 0 Å². The number of halogens is 3. The van der Waals surface area contributed by atoms with Crippen LogP contribution < -0.4 is 16.0 Å². The second kappa shape index (κ2) is 6.64. The van der Waals surface area contributed by atoms with Gasteiger partial charge in [0.15, 0.2) is 0 Å². The SMILES string of the molecule is O=C(CC[C@@H]1NC(=O)NC1=O)NCCSC(F)(F)F. The van der Waals surface area contributed by atoms with Crippen molar-refractivity contribution in [3.05, 3.63) is 0 Å². The van der Waals surface area contributed by atoms with E-state index in [1.807, 2.05) is 5.32 Å². The first-order valence-corrected chi connectivity index (χ1v) is 6.35. The molecule has 19 heavy (non-hydrogen) atoms. The van der Waals surface area contributed by atoms with Crippen LogP contribution in [0.5, 0.6) is 0 Å². The number of carbonyl (C=O) groups excluding carboxylic acids is 3. The summed E-state index contributed by atoms with van der Waals surface area (Å²) >= 11 is -0.216. The molecule has 0 spiro atoms. The lowest BCUT2D eigenvalue weighted by atomic mass is 10.1. The standard InChI is InChI=1S/C9H12F3N3O3S/c10-9(11,12)19-4-3-13-6(16)2-1-5-7(17)15-8(18)14-5/h5H,1-4H2,(H,13,16)(H2,14,15,17,18)/t5-/m0/s1. The van der Waals surface area contributed by atoms with E-state index >= 15 is 0 Å². The molecule has 0 aromatic carbocycles. The molecule has 0 aromatic rings. The average molecular weight is 299 g/mol. The van der Waals surface area contributed by atoms with Crippen LogP contribution in [-0.2, 0) is 9.59 Å². The molecule has 0 aliphatic carbocycles. The van der Waals surface area contributed by atoms with E-state index in [4.69, 9.17) is 0 Å². The summed E-state index contributed by atoms with van der Waals surface area (Å²) in [4.78, 5) is 33.1. The van der Waals surface area contributed by atoms with Gasteiger partial charge in [-0.15, -0.1) is 0 Å². The van der Waals surface area contributed by atoms with Gasteiger partial charge in [0.25, 0.3) is 5.91 Å². The Labute approximate surface area is 110 Å². The highest BCUT2D eigenvalue weighted by molar-refractivity contribution is 8.00. The van der Waals surface area contributed by atoms with Crippen molar-refractivity contribution in [3.63, 3.8) is 0 Å². The molecule has 4 amide bonds. The van der Waals surface area contributed by atoms with Crippen LogP contribution in [0.15, 0.2) is 0 Å². The lowest BCUT2D eigenvalue weighted by molar-refractivity contribution is -0.122. The van der Waals surface area contributed by atoms with Gasteiger partial charge in [-0.3, -0.25) is 14.9 Å². The van der Waals surface area contributed by atoms with E-state index < -0.39 is 29.4 Å². The van der Waals surface area contributed by atoms with Crippen molar-refractivity contribution >= 4 is 29.6 Å². The van der Waals surface area contributed by atoms with Crippen LogP contribution in [-0.4, -0.2) is 41.7 Å². The zero-order chi connectivity index (χ0) is 14.5. The number of rotatable bonds is 6. The monoisotopic (exact) mass is 299 g/mol. The van der Waals surface area contributed by atoms with Crippen molar-refractivity contribution in [1.29, 1.82) is 0 Å². The topological polar surface area (TPSA) is 87.3 Å². The molecule has 1 rings (SSSR count). The van der Waals surface area contributed by atoms with Crippen molar-refractivity contribution in [2.75, 3.05) is 12.3 Å². The molecule has 0 aromatic heterocycles. The number of thioether (sulfide) groups is 1. The minimum Gasteiger partial charge on any atom is -0.355 e. The van der Waals surface area contributed by atoms with Crippen molar-refractivity contribution in [3.8, 4) is 0 Å². The normalized spacial score (nSPS) is 19.0. The molecule has 3 N–H and O–H groups in total.